The van der Waals surface area contributed by atoms with Crippen molar-refractivity contribution >= 4 is 28.9 Å². The van der Waals surface area contributed by atoms with Crippen LogP contribution in [0.25, 0.3) is 10.6 Å². The third-order valence-electron chi connectivity index (χ3n) is 2.23. The monoisotopic (exact) mass is 293 g/mol. The van der Waals surface area contributed by atoms with Crippen molar-refractivity contribution < 1.29 is 4.55 Å². The molecular formula is C13H15N3OS2. The number of hydrogen-bond donors (Lipinski definition) is 0. The standard InChI is InChI=1S/C13H15N3OS2/c1-13(2,3)19(17)16-9-11-8-15-12(18-11)10-5-4-6-14-7-10/h4-9H,1-3H3/b16-9+/t19-/m1/s1. The molecule has 0 aliphatic carbocycles. The van der Waals surface area contributed by atoms with Crippen LogP contribution < -0.4 is 0 Å². The fourth-order valence-corrected chi connectivity index (χ4v) is 2.60. The molecule has 2 aromatic rings. The van der Waals surface area contributed by atoms with Gasteiger partial charge in [-0.25, -0.2) is 4.98 Å². The molecule has 0 radical (unpaired) electrons. The van der Waals surface area contributed by atoms with Crippen molar-refractivity contribution in [2.75, 3.05) is 0 Å². The Kier molecular flexibility index (Phi) is 4.34. The molecule has 1 atom stereocenters. The summed E-state index contributed by atoms with van der Waals surface area (Å²) in [7, 11) is 0. The molecule has 0 saturated heterocycles. The highest BCUT2D eigenvalue weighted by molar-refractivity contribution is 7.91. The first-order valence-corrected chi connectivity index (χ1v) is 7.71. The van der Waals surface area contributed by atoms with Crippen molar-refractivity contribution in [3.05, 3.63) is 35.6 Å². The average molecular weight is 293 g/mol. The second-order valence-corrected chi connectivity index (χ2v) is 7.90. The molecule has 0 aromatic carbocycles. The van der Waals surface area contributed by atoms with Crippen molar-refractivity contribution in [1.82, 2.24) is 9.97 Å². The van der Waals surface area contributed by atoms with Gasteiger partial charge < -0.3 is 4.55 Å². The summed E-state index contributed by atoms with van der Waals surface area (Å²) < 4.78 is 15.5. The molecule has 0 spiro atoms. The second-order valence-electron chi connectivity index (χ2n) is 4.91. The second kappa shape index (κ2) is 5.81. The summed E-state index contributed by atoms with van der Waals surface area (Å²) >= 11 is 0.267. The van der Waals surface area contributed by atoms with Crippen LogP contribution in [0.3, 0.4) is 0 Å². The Morgan fingerprint density at radius 3 is 2.79 bits per heavy atom. The highest BCUT2D eigenvalue weighted by Crippen LogP contribution is 2.24. The molecule has 6 heteroatoms. The van der Waals surface area contributed by atoms with E-state index in [0.29, 0.717) is 0 Å². The number of hydrogen-bond acceptors (Lipinski definition) is 5. The topological polar surface area (TPSA) is 61.2 Å². The van der Waals surface area contributed by atoms with Crippen molar-refractivity contribution in [3.8, 4) is 10.6 Å². The number of aromatic nitrogens is 2. The molecule has 0 bridgehead atoms. The van der Waals surface area contributed by atoms with Crippen LogP contribution in [0, 0.1) is 0 Å². The van der Waals surface area contributed by atoms with E-state index in [1.165, 1.54) is 11.3 Å². The lowest BCUT2D eigenvalue weighted by molar-refractivity contribution is 0.562. The molecule has 4 nitrogen and oxygen atoms in total. The number of rotatable bonds is 3. The first-order valence-electron chi connectivity index (χ1n) is 5.79. The van der Waals surface area contributed by atoms with Gasteiger partial charge in [-0.2, -0.15) is 0 Å². The molecule has 0 fully saturated rings. The Bertz CT molecular complexity index is 561. The van der Waals surface area contributed by atoms with E-state index in [2.05, 4.69) is 14.4 Å². The molecule has 2 heterocycles. The molecule has 2 aromatic heterocycles. The predicted molar refractivity (Wildman–Crippen MR) is 80.8 cm³/mol. The maximum Gasteiger partial charge on any atom is 0.144 e. The van der Waals surface area contributed by atoms with E-state index in [9.17, 15) is 4.55 Å². The van der Waals surface area contributed by atoms with Gasteiger partial charge in [0, 0.05) is 24.2 Å². The third-order valence-corrected chi connectivity index (χ3v) is 4.56. The fraction of sp³-hybridized carbons (Fsp3) is 0.308. The van der Waals surface area contributed by atoms with Crippen LogP contribution in [0.4, 0.5) is 0 Å². The Morgan fingerprint density at radius 1 is 1.37 bits per heavy atom. The van der Waals surface area contributed by atoms with E-state index >= 15 is 0 Å². The third kappa shape index (κ3) is 3.86. The zero-order chi connectivity index (χ0) is 13.9. The van der Waals surface area contributed by atoms with Crippen molar-refractivity contribution in [2.45, 2.75) is 25.5 Å². The predicted octanol–water partition coefficient (Wildman–Crippen LogP) is 3.09. The van der Waals surface area contributed by atoms with Gasteiger partial charge in [0.25, 0.3) is 0 Å². The number of nitrogens with zero attached hydrogens (tertiary/aromatic N) is 3. The first-order chi connectivity index (χ1) is 8.97. The summed E-state index contributed by atoms with van der Waals surface area (Å²) in [5, 5.41) is 0.885. The Labute approximate surface area is 120 Å². The molecule has 2 rings (SSSR count). The number of thiazole rings is 1. The van der Waals surface area contributed by atoms with Crippen LogP contribution in [0.2, 0.25) is 0 Å². The lowest BCUT2D eigenvalue weighted by atomic mass is 10.3. The lowest BCUT2D eigenvalue weighted by Gasteiger charge is -2.17. The maximum atomic E-state index is 11.8. The van der Waals surface area contributed by atoms with E-state index in [4.69, 9.17) is 0 Å². The summed E-state index contributed by atoms with van der Waals surface area (Å²) in [5.41, 5.74) is 0.976. The van der Waals surface area contributed by atoms with Crippen molar-refractivity contribution in [1.29, 1.82) is 0 Å². The summed E-state index contributed by atoms with van der Waals surface area (Å²) in [6.45, 7) is 5.69. The van der Waals surface area contributed by atoms with Gasteiger partial charge in [0.1, 0.15) is 21.1 Å². The Balaban J connectivity index is 2.12. The van der Waals surface area contributed by atoms with E-state index in [0.717, 1.165) is 15.4 Å². The fourth-order valence-electron chi connectivity index (χ4n) is 1.23. The van der Waals surface area contributed by atoms with Gasteiger partial charge in [-0.15, -0.1) is 11.3 Å². The quantitative estimate of drug-likeness (QED) is 0.645. The molecule has 19 heavy (non-hydrogen) atoms. The summed E-state index contributed by atoms with van der Waals surface area (Å²) in [5.74, 6) is 0. The molecule has 0 unspecified atom stereocenters. The van der Waals surface area contributed by atoms with Crippen molar-refractivity contribution in [2.24, 2.45) is 4.40 Å². The van der Waals surface area contributed by atoms with E-state index < -0.39 is 11.4 Å². The molecule has 0 saturated carbocycles. The smallest absolute Gasteiger partial charge is 0.144 e. The SMILES string of the molecule is CC(C)(C)[S@@+]([O-])/N=C/c1cnc(-c2cccnc2)s1. The van der Waals surface area contributed by atoms with Gasteiger partial charge in [-0.05, 0) is 32.9 Å². The van der Waals surface area contributed by atoms with Gasteiger partial charge in [0.05, 0.1) is 11.1 Å². The normalized spacial score (nSPS) is 13.9. The highest BCUT2D eigenvalue weighted by Gasteiger charge is 2.25. The zero-order valence-electron chi connectivity index (χ0n) is 11.0. The van der Waals surface area contributed by atoms with Gasteiger partial charge in [0.2, 0.25) is 0 Å². The van der Waals surface area contributed by atoms with Crippen LogP contribution in [-0.4, -0.2) is 25.5 Å². The van der Waals surface area contributed by atoms with Gasteiger partial charge in [-0.3, -0.25) is 4.98 Å². The minimum atomic E-state index is -1.24. The van der Waals surface area contributed by atoms with E-state index in [-0.39, 0.29) is 4.75 Å². The van der Waals surface area contributed by atoms with Crippen LogP contribution in [-0.2, 0) is 11.4 Å². The minimum absolute atomic E-state index is 0.340. The van der Waals surface area contributed by atoms with Crippen molar-refractivity contribution in [3.63, 3.8) is 0 Å². The maximum absolute atomic E-state index is 11.8. The summed E-state index contributed by atoms with van der Waals surface area (Å²) in [4.78, 5) is 9.26. The van der Waals surface area contributed by atoms with Gasteiger partial charge in [0.15, 0.2) is 0 Å². The summed E-state index contributed by atoms with van der Waals surface area (Å²) in [6.07, 6.45) is 6.86. The average Bonchev–Trinajstić information content (AvgIpc) is 2.84. The van der Waals surface area contributed by atoms with E-state index in [1.54, 1.807) is 24.8 Å². The van der Waals surface area contributed by atoms with Gasteiger partial charge >= 0.3 is 0 Å². The highest BCUT2D eigenvalue weighted by atomic mass is 32.2. The van der Waals surface area contributed by atoms with Crippen LogP contribution >= 0.6 is 11.3 Å². The molecule has 0 aliphatic rings. The molecular weight excluding hydrogens is 278 g/mol. The van der Waals surface area contributed by atoms with Crippen LogP contribution in [0.5, 0.6) is 0 Å². The van der Waals surface area contributed by atoms with Crippen LogP contribution in [0.15, 0.2) is 35.1 Å². The van der Waals surface area contributed by atoms with E-state index in [1.807, 2.05) is 32.9 Å². The number of pyridine rings is 1. The molecule has 0 N–H and O–H groups in total. The van der Waals surface area contributed by atoms with Gasteiger partial charge in [-0.1, -0.05) is 4.40 Å². The molecule has 100 valence electrons. The first kappa shape index (κ1) is 14.2. The summed E-state index contributed by atoms with van der Waals surface area (Å²) in [6, 6.07) is 3.83. The Morgan fingerprint density at radius 2 is 2.16 bits per heavy atom. The Hall–Kier alpha value is -1.24. The zero-order valence-corrected chi connectivity index (χ0v) is 12.7. The lowest BCUT2D eigenvalue weighted by Crippen LogP contribution is -2.25. The molecule has 0 amide bonds. The largest absolute Gasteiger partial charge is 0.591 e. The van der Waals surface area contributed by atoms with Crippen LogP contribution in [0.1, 0.15) is 25.6 Å². The minimum Gasteiger partial charge on any atom is -0.591 e. The molecule has 0 aliphatic heterocycles.